The lowest BCUT2D eigenvalue weighted by atomic mass is 9.94. The van der Waals surface area contributed by atoms with E-state index in [-0.39, 0.29) is 35.7 Å². The predicted molar refractivity (Wildman–Crippen MR) is 112 cm³/mol. The molecule has 0 heterocycles. The summed E-state index contributed by atoms with van der Waals surface area (Å²) in [5.74, 6) is 0.628. The van der Waals surface area contributed by atoms with Gasteiger partial charge >= 0.3 is 0 Å². The molecule has 0 saturated heterocycles. The van der Waals surface area contributed by atoms with Crippen LogP contribution in [0.4, 0.5) is 0 Å². The highest BCUT2D eigenvalue weighted by atomic mass is 16.2. The molecule has 0 aliphatic heterocycles. The quantitative estimate of drug-likeness (QED) is 0.792. The van der Waals surface area contributed by atoms with Crippen molar-refractivity contribution in [2.45, 2.75) is 56.0 Å². The van der Waals surface area contributed by atoms with Crippen LogP contribution in [0.3, 0.4) is 0 Å². The maximum atomic E-state index is 12.9. The number of carbonyl (C=O) groups excluding carboxylic acids is 2. The van der Waals surface area contributed by atoms with E-state index in [4.69, 9.17) is 0 Å². The van der Waals surface area contributed by atoms with E-state index in [9.17, 15) is 9.59 Å². The van der Waals surface area contributed by atoms with Crippen LogP contribution in [-0.2, 0) is 9.59 Å². The minimum absolute atomic E-state index is 0.0708. The first-order valence-corrected chi connectivity index (χ1v) is 10.9. The van der Waals surface area contributed by atoms with Gasteiger partial charge in [0.25, 0.3) is 0 Å². The molecule has 4 heteroatoms. The average Bonchev–Trinajstić information content (AvgIpc) is 3.65. The van der Waals surface area contributed by atoms with Crippen LogP contribution in [0.15, 0.2) is 60.7 Å². The van der Waals surface area contributed by atoms with Crippen LogP contribution in [0.1, 0.15) is 55.1 Å². The predicted octanol–water partition coefficient (Wildman–Crippen LogP) is 3.75. The molecule has 4 nitrogen and oxygen atoms in total. The second-order valence-electron chi connectivity index (χ2n) is 8.88. The summed E-state index contributed by atoms with van der Waals surface area (Å²) < 4.78 is 0. The van der Waals surface area contributed by atoms with Crippen molar-refractivity contribution in [1.29, 1.82) is 0 Å². The van der Waals surface area contributed by atoms with Crippen LogP contribution in [0.2, 0.25) is 0 Å². The average molecular weight is 389 g/mol. The van der Waals surface area contributed by atoms with Crippen LogP contribution in [0, 0.1) is 11.8 Å². The van der Waals surface area contributed by atoms with Gasteiger partial charge in [0.2, 0.25) is 11.8 Å². The van der Waals surface area contributed by atoms with Gasteiger partial charge in [0.15, 0.2) is 0 Å². The molecule has 0 unspecified atom stereocenters. The molecular formula is C25H28N2O2. The van der Waals surface area contributed by atoms with Crippen molar-refractivity contribution in [2.24, 2.45) is 11.8 Å². The van der Waals surface area contributed by atoms with E-state index >= 15 is 0 Å². The molecule has 0 radical (unpaired) electrons. The number of amides is 2. The molecule has 2 aromatic rings. The van der Waals surface area contributed by atoms with E-state index in [1.165, 1.54) is 11.1 Å². The first kappa shape index (κ1) is 18.4. The summed E-state index contributed by atoms with van der Waals surface area (Å²) in [6, 6.07) is 21.2. The smallest absolute Gasteiger partial charge is 0.224 e. The summed E-state index contributed by atoms with van der Waals surface area (Å²) in [4.78, 5) is 25.8. The lowest BCUT2D eigenvalue weighted by Gasteiger charge is -2.19. The molecule has 3 saturated carbocycles. The normalized spacial score (nSPS) is 32.4. The summed E-state index contributed by atoms with van der Waals surface area (Å²) in [5.41, 5.74) is 2.58. The Balaban J connectivity index is 1.14. The van der Waals surface area contributed by atoms with Gasteiger partial charge in [-0.15, -0.1) is 0 Å². The third kappa shape index (κ3) is 3.93. The highest BCUT2D eigenvalue weighted by Gasteiger charge is 2.46. The van der Waals surface area contributed by atoms with E-state index in [1.807, 2.05) is 36.4 Å². The topological polar surface area (TPSA) is 58.2 Å². The molecule has 3 aliphatic carbocycles. The van der Waals surface area contributed by atoms with Gasteiger partial charge in [-0.2, -0.15) is 0 Å². The minimum Gasteiger partial charge on any atom is -0.352 e. The summed E-state index contributed by atoms with van der Waals surface area (Å²) in [6.07, 6.45) is 4.59. The van der Waals surface area contributed by atoms with Crippen molar-refractivity contribution < 1.29 is 9.59 Å². The van der Waals surface area contributed by atoms with E-state index in [0.29, 0.717) is 11.8 Å². The van der Waals surface area contributed by atoms with Crippen molar-refractivity contribution in [1.82, 2.24) is 10.6 Å². The van der Waals surface area contributed by atoms with Crippen molar-refractivity contribution in [3.05, 3.63) is 71.8 Å². The molecule has 150 valence electrons. The van der Waals surface area contributed by atoms with Crippen LogP contribution in [0.5, 0.6) is 0 Å². The Bertz CT molecular complexity index is 809. The van der Waals surface area contributed by atoms with Gasteiger partial charge in [0.1, 0.15) is 0 Å². The zero-order valence-electron chi connectivity index (χ0n) is 16.6. The first-order chi connectivity index (χ1) is 14.2. The molecule has 2 amide bonds. The standard InChI is InChI=1S/C25H28N2O2/c28-24(26-22-14-20(22)16-8-3-1-4-9-16)18-12-7-13-19(18)25(29)27-23-15-21(23)17-10-5-2-6-11-17/h1-6,8-11,18-23H,7,12-15H2,(H,26,28)(H,27,29)/t18-,19-,20-,21-,22+,23+/m1/s1. The first-order valence-electron chi connectivity index (χ1n) is 10.9. The van der Waals surface area contributed by atoms with Gasteiger partial charge in [-0.25, -0.2) is 0 Å². The lowest BCUT2D eigenvalue weighted by Crippen LogP contribution is -2.41. The Morgan fingerprint density at radius 2 is 1.07 bits per heavy atom. The van der Waals surface area contributed by atoms with Crippen LogP contribution >= 0.6 is 0 Å². The van der Waals surface area contributed by atoms with Crippen LogP contribution in [0.25, 0.3) is 0 Å². The second kappa shape index (κ2) is 7.66. The number of benzene rings is 2. The summed E-state index contributed by atoms with van der Waals surface area (Å²) in [7, 11) is 0. The molecule has 2 aromatic carbocycles. The van der Waals surface area contributed by atoms with Crippen molar-refractivity contribution >= 4 is 11.8 Å². The van der Waals surface area contributed by atoms with Crippen molar-refractivity contribution in [3.8, 4) is 0 Å². The molecule has 5 rings (SSSR count). The number of rotatable bonds is 6. The number of hydrogen-bond acceptors (Lipinski definition) is 2. The number of carbonyl (C=O) groups is 2. The van der Waals surface area contributed by atoms with Gasteiger partial charge < -0.3 is 10.6 Å². The molecule has 0 aromatic heterocycles. The van der Waals surface area contributed by atoms with Gasteiger partial charge in [0, 0.05) is 35.8 Å². The Morgan fingerprint density at radius 3 is 1.48 bits per heavy atom. The Kier molecular flexibility index (Phi) is 4.86. The van der Waals surface area contributed by atoms with Gasteiger partial charge in [-0.05, 0) is 36.8 Å². The van der Waals surface area contributed by atoms with Crippen LogP contribution < -0.4 is 10.6 Å². The molecule has 0 bridgehead atoms. The maximum absolute atomic E-state index is 12.9. The number of nitrogens with one attached hydrogen (secondary N) is 2. The summed E-state index contributed by atoms with van der Waals surface area (Å²) in [5, 5.41) is 6.43. The third-order valence-electron chi connectivity index (χ3n) is 6.88. The molecular weight excluding hydrogens is 360 g/mol. The largest absolute Gasteiger partial charge is 0.352 e. The fourth-order valence-electron chi connectivity index (χ4n) is 5.01. The molecule has 3 aliphatic rings. The van der Waals surface area contributed by atoms with E-state index < -0.39 is 0 Å². The molecule has 0 spiro atoms. The Labute approximate surface area is 172 Å². The maximum Gasteiger partial charge on any atom is 0.224 e. The fraction of sp³-hybridized carbons (Fsp3) is 0.440. The Morgan fingerprint density at radius 1 is 0.655 bits per heavy atom. The second-order valence-corrected chi connectivity index (χ2v) is 8.88. The zero-order chi connectivity index (χ0) is 19.8. The minimum atomic E-state index is -0.180. The third-order valence-corrected chi connectivity index (χ3v) is 6.88. The fourth-order valence-corrected chi connectivity index (χ4v) is 5.01. The zero-order valence-corrected chi connectivity index (χ0v) is 16.6. The summed E-state index contributed by atoms with van der Waals surface area (Å²) in [6.45, 7) is 0. The summed E-state index contributed by atoms with van der Waals surface area (Å²) >= 11 is 0. The number of hydrogen-bond donors (Lipinski definition) is 2. The highest BCUT2D eigenvalue weighted by molar-refractivity contribution is 5.89. The molecule has 29 heavy (non-hydrogen) atoms. The van der Waals surface area contributed by atoms with E-state index in [0.717, 1.165) is 32.1 Å². The molecule has 6 atom stereocenters. The van der Waals surface area contributed by atoms with E-state index in [2.05, 4.69) is 34.9 Å². The van der Waals surface area contributed by atoms with Crippen molar-refractivity contribution in [3.63, 3.8) is 0 Å². The SMILES string of the molecule is O=C(N[C@H]1C[C@@H]1c1ccccc1)[C@@H]1CCC[C@H]1C(=O)N[C@H]1C[C@@H]1c1ccccc1. The monoisotopic (exact) mass is 388 g/mol. The van der Waals surface area contributed by atoms with E-state index in [1.54, 1.807) is 0 Å². The van der Waals surface area contributed by atoms with Crippen molar-refractivity contribution in [2.75, 3.05) is 0 Å². The highest BCUT2D eigenvalue weighted by Crippen LogP contribution is 2.43. The van der Waals surface area contributed by atoms with Gasteiger partial charge in [-0.1, -0.05) is 67.1 Å². The lowest BCUT2D eigenvalue weighted by molar-refractivity contribution is -0.133. The van der Waals surface area contributed by atoms with Crippen LogP contribution in [-0.4, -0.2) is 23.9 Å². The molecule has 3 fully saturated rings. The van der Waals surface area contributed by atoms with Gasteiger partial charge in [0.05, 0.1) is 0 Å². The Hall–Kier alpha value is -2.62. The van der Waals surface area contributed by atoms with Gasteiger partial charge in [-0.3, -0.25) is 9.59 Å². The molecule has 2 N–H and O–H groups in total.